The number of hydrogen-bond donors (Lipinski definition) is 1. The number of furan rings is 1. The first kappa shape index (κ1) is 10.9. The predicted octanol–water partition coefficient (Wildman–Crippen LogP) is 0.732. The van der Waals surface area contributed by atoms with Gasteiger partial charge in [-0.2, -0.15) is 0 Å². The Morgan fingerprint density at radius 2 is 2.36 bits per heavy atom. The van der Waals surface area contributed by atoms with Gasteiger partial charge in [-0.3, -0.25) is 4.21 Å². The summed E-state index contributed by atoms with van der Waals surface area (Å²) in [4.78, 5) is 10.4. The average molecular weight is 218 g/mol. The minimum Gasteiger partial charge on any atom is -0.475 e. The van der Waals surface area contributed by atoms with Crippen LogP contribution in [0.25, 0.3) is 0 Å². The molecule has 0 aromatic carbocycles. The molecule has 78 valence electrons. The van der Waals surface area contributed by atoms with Gasteiger partial charge in [0.05, 0.1) is 23.2 Å². The van der Waals surface area contributed by atoms with E-state index in [1.54, 1.807) is 0 Å². The maximum Gasteiger partial charge on any atom is 0.371 e. The van der Waals surface area contributed by atoms with Crippen LogP contribution in [0.2, 0.25) is 0 Å². The summed E-state index contributed by atoms with van der Waals surface area (Å²) in [5, 5.41) is 8.70. The highest BCUT2D eigenvalue weighted by atomic mass is 32.2. The van der Waals surface area contributed by atoms with Crippen molar-refractivity contribution in [2.45, 2.75) is 5.09 Å². The van der Waals surface area contributed by atoms with Crippen LogP contribution in [0.4, 0.5) is 0 Å². The van der Waals surface area contributed by atoms with Crippen molar-refractivity contribution in [1.82, 2.24) is 0 Å². The van der Waals surface area contributed by atoms with Gasteiger partial charge in [-0.25, -0.2) is 4.79 Å². The molecule has 6 heteroatoms. The van der Waals surface area contributed by atoms with Gasteiger partial charge in [-0.1, -0.05) is 0 Å². The van der Waals surface area contributed by atoms with Crippen molar-refractivity contribution in [2.24, 2.45) is 0 Å². The van der Waals surface area contributed by atoms with E-state index in [-0.39, 0.29) is 10.9 Å². The van der Waals surface area contributed by atoms with Crippen molar-refractivity contribution in [3.63, 3.8) is 0 Å². The van der Waals surface area contributed by atoms with Crippen LogP contribution in [0.15, 0.2) is 21.6 Å². The summed E-state index contributed by atoms with van der Waals surface area (Å²) in [5.74, 6) is -1.07. The van der Waals surface area contributed by atoms with Gasteiger partial charge in [0, 0.05) is 7.11 Å². The van der Waals surface area contributed by atoms with Crippen molar-refractivity contribution in [1.29, 1.82) is 0 Å². The number of methoxy groups -OCH3 is 1. The smallest absolute Gasteiger partial charge is 0.371 e. The summed E-state index contributed by atoms with van der Waals surface area (Å²) in [7, 11) is 0.168. The molecule has 0 amide bonds. The largest absolute Gasteiger partial charge is 0.475 e. The summed E-state index contributed by atoms with van der Waals surface area (Å²) in [6.07, 6.45) is 0. The van der Waals surface area contributed by atoms with Crippen LogP contribution < -0.4 is 0 Å². The van der Waals surface area contributed by atoms with Gasteiger partial charge in [0.1, 0.15) is 0 Å². The summed E-state index contributed by atoms with van der Waals surface area (Å²) in [6.45, 7) is 0.343. The maximum atomic E-state index is 11.4. The van der Waals surface area contributed by atoms with Crippen LogP contribution in [-0.2, 0) is 15.5 Å². The van der Waals surface area contributed by atoms with Crippen molar-refractivity contribution in [2.75, 3.05) is 19.5 Å². The Labute approximate surface area is 83.1 Å². The van der Waals surface area contributed by atoms with Gasteiger partial charge < -0.3 is 14.3 Å². The average Bonchev–Trinajstić information content (AvgIpc) is 2.62. The van der Waals surface area contributed by atoms with Crippen molar-refractivity contribution < 1.29 is 23.3 Å². The van der Waals surface area contributed by atoms with Crippen LogP contribution in [0.5, 0.6) is 0 Å². The number of carboxylic acids is 1. The van der Waals surface area contributed by atoms with E-state index in [2.05, 4.69) is 0 Å². The fourth-order valence-corrected chi connectivity index (χ4v) is 1.74. The fourth-order valence-electron chi connectivity index (χ4n) is 0.817. The highest BCUT2D eigenvalue weighted by molar-refractivity contribution is 7.84. The third kappa shape index (κ3) is 2.68. The quantitative estimate of drug-likeness (QED) is 0.788. The second kappa shape index (κ2) is 4.92. The first-order valence-corrected chi connectivity index (χ1v) is 5.17. The van der Waals surface area contributed by atoms with E-state index < -0.39 is 16.8 Å². The van der Waals surface area contributed by atoms with Crippen LogP contribution in [0, 0.1) is 0 Å². The normalized spacial score (nSPS) is 12.6. The third-order valence-electron chi connectivity index (χ3n) is 1.49. The molecule has 5 nitrogen and oxygen atoms in total. The van der Waals surface area contributed by atoms with Crippen molar-refractivity contribution in [3.05, 3.63) is 17.9 Å². The van der Waals surface area contributed by atoms with E-state index in [1.165, 1.54) is 19.2 Å². The van der Waals surface area contributed by atoms with Crippen LogP contribution in [0.1, 0.15) is 10.6 Å². The molecule has 1 unspecified atom stereocenters. The molecule has 0 saturated carbocycles. The first-order valence-electron chi connectivity index (χ1n) is 3.85. The molecule has 1 atom stereocenters. The Bertz CT molecular complexity index is 343. The van der Waals surface area contributed by atoms with Crippen LogP contribution in [-0.4, -0.2) is 34.8 Å². The number of ether oxygens (including phenoxy) is 1. The Hall–Kier alpha value is -1.14. The zero-order valence-electron chi connectivity index (χ0n) is 7.56. The molecule has 14 heavy (non-hydrogen) atoms. The number of aromatic carboxylic acids is 1. The Kier molecular flexibility index (Phi) is 3.84. The summed E-state index contributed by atoms with van der Waals surface area (Å²) < 4.78 is 21.0. The Morgan fingerprint density at radius 3 is 2.86 bits per heavy atom. The molecule has 0 fully saturated rings. The molecule has 1 heterocycles. The molecule has 0 bridgehead atoms. The monoisotopic (exact) mass is 218 g/mol. The lowest BCUT2D eigenvalue weighted by molar-refractivity contribution is 0.0656. The van der Waals surface area contributed by atoms with E-state index in [0.717, 1.165) is 0 Å². The summed E-state index contributed by atoms with van der Waals surface area (Å²) in [6, 6.07) is 2.68. The van der Waals surface area contributed by atoms with Gasteiger partial charge in [-0.05, 0) is 12.1 Å². The van der Waals surface area contributed by atoms with Gasteiger partial charge in [0.25, 0.3) is 0 Å². The van der Waals surface area contributed by atoms with E-state index in [0.29, 0.717) is 12.4 Å². The molecule has 0 saturated heterocycles. The predicted molar refractivity (Wildman–Crippen MR) is 48.8 cm³/mol. The molecular weight excluding hydrogens is 208 g/mol. The standard InChI is InChI=1S/C8H10O5S/c1-12-4-5-14(11)7-3-2-6(13-7)8(9)10/h2-3H,4-5H2,1H3,(H,9,10). The highest BCUT2D eigenvalue weighted by Crippen LogP contribution is 2.12. The molecule has 0 radical (unpaired) electrons. The molecule has 0 aliphatic rings. The number of hydrogen-bond acceptors (Lipinski definition) is 4. The van der Waals surface area contributed by atoms with Gasteiger partial charge in [0.2, 0.25) is 5.76 Å². The first-order chi connectivity index (χ1) is 6.65. The Morgan fingerprint density at radius 1 is 1.64 bits per heavy atom. The lowest BCUT2D eigenvalue weighted by atomic mass is 10.5. The molecule has 0 aliphatic carbocycles. The van der Waals surface area contributed by atoms with E-state index in [9.17, 15) is 9.00 Å². The Balaban J connectivity index is 2.66. The molecule has 0 aliphatic heterocycles. The second-order valence-corrected chi connectivity index (χ2v) is 3.97. The molecule has 1 N–H and O–H groups in total. The van der Waals surface area contributed by atoms with Gasteiger partial charge in [0.15, 0.2) is 5.09 Å². The summed E-state index contributed by atoms with van der Waals surface area (Å²) in [5.41, 5.74) is 0. The second-order valence-electron chi connectivity index (χ2n) is 2.47. The number of carbonyl (C=O) groups is 1. The minimum atomic E-state index is -1.33. The van der Waals surface area contributed by atoms with Crippen molar-refractivity contribution in [3.8, 4) is 0 Å². The molecule has 1 rings (SSSR count). The highest BCUT2D eigenvalue weighted by Gasteiger charge is 2.13. The third-order valence-corrected chi connectivity index (χ3v) is 2.70. The number of rotatable bonds is 5. The molecule has 1 aromatic rings. The van der Waals surface area contributed by atoms with E-state index in [1.807, 2.05) is 0 Å². The molecular formula is C8H10O5S. The minimum absolute atomic E-state index is 0.166. The fraction of sp³-hybridized carbons (Fsp3) is 0.375. The van der Waals surface area contributed by atoms with Crippen LogP contribution >= 0.6 is 0 Å². The SMILES string of the molecule is COCCS(=O)c1ccc(C(=O)O)o1. The maximum absolute atomic E-state index is 11.4. The summed E-state index contributed by atoms with van der Waals surface area (Å²) >= 11 is 0. The topological polar surface area (TPSA) is 76.7 Å². The zero-order valence-corrected chi connectivity index (χ0v) is 8.37. The molecule has 1 aromatic heterocycles. The van der Waals surface area contributed by atoms with Crippen LogP contribution in [0.3, 0.4) is 0 Å². The lowest BCUT2D eigenvalue weighted by Crippen LogP contribution is -2.03. The van der Waals surface area contributed by atoms with Gasteiger partial charge in [-0.15, -0.1) is 0 Å². The van der Waals surface area contributed by atoms with E-state index >= 15 is 0 Å². The number of carboxylic acid groups (broad SMARTS) is 1. The zero-order chi connectivity index (χ0) is 10.6. The van der Waals surface area contributed by atoms with Gasteiger partial charge >= 0.3 is 5.97 Å². The van der Waals surface area contributed by atoms with Crippen molar-refractivity contribution >= 4 is 16.8 Å². The molecule has 0 spiro atoms. The van der Waals surface area contributed by atoms with E-state index in [4.69, 9.17) is 14.3 Å². The lowest BCUT2D eigenvalue weighted by Gasteiger charge is -1.96.